The van der Waals surface area contributed by atoms with Gasteiger partial charge < -0.3 is 9.64 Å². The maximum atomic E-state index is 14.9. The lowest BCUT2D eigenvalue weighted by atomic mass is 9.93. The highest BCUT2D eigenvalue weighted by atomic mass is 35.5. The molecule has 2 saturated heterocycles. The molecular formula is C24H26ClF4N5O2. The molecule has 2 aromatic rings. The van der Waals surface area contributed by atoms with E-state index in [0.29, 0.717) is 42.6 Å². The maximum Gasteiger partial charge on any atom is 0.403 e. The monoisotopic (exact) mass is 527 g/mol. The Bertz CT molecular complexity index is 1190. The number of rotatable bonds is 4. The number of halogens is 5. The van der Waals surface area contributed by atoms with Crippen LogP contribution in [-0.4, -0.2) is 75.2 Å². The molecule has 3 fully saturated rings. The lowest BCUT2D eigenvalue weighted by molar-refractivity contribution is -0.199. The van der Waals surface area contributed by atoms with Gasteiger partial charge in [-0.25, -0.2) is 4.39 Å². The molecule has 1 aliphatic carbocycles. The molecule has 0 N–H and O–H groups in total. The maximum absolute atomic E-state index is 14.9. The number of fused-ring (bicyclic) bond motifs is 3. The number of aromatic nitrogens is 3. The normalized spacial score (nSPS) is 23.4. The van der Waals surface area contributed by atoms with Crippen molar-refractivity contribution in [1.82, 2.24) is 24.6 Å². The smallest absolute Gasteiger partial charge is 0.375 e. The molecule has 0 bridgehead atoms. The first-order valence-electron chi connectivity index (χ1n) is 12.2. The Morgan fingerprint density at radius 2 is 1.86 bits per heavy atom. The van der Waals surface area contributed by atoms with Crippen LogP contribution in [0.2, 0.25) is 5.02 Å². The molecule has 7 nitrogen and oxygen atoms in total. The van der Waals surface area contributed by atoms with E-state index in [0.717, 1.165) is 11.3 Å². The topological polar surface area (TPSA) is 63.5 Å². The lowest BCUT2D eigenvalue weighted by Gasteiger charge is -2.37. The number of hydrogen-bond acceptors (Lipinski definition) is 5. The van der Waals surface area contributed by atoms with Gasteiger partial charge in [-0.15, -0.1) is 10.2 Å². The van der Waals surface area contributed by atoms with Gasteiger partial charge in [0, 0.05) is 37.1 Å². The van der Waals surface area contributed by atoms with E-state index < -0.39 is 23.2 Å². The van der Waals surface area contributed by atoms with Gasteiger partial charge in [-0.2, -0.15) is 13.2 Å². The van der Waals surface area contributed by atoms with E-state index in [2.05, 4.69) is 10.2 Å². The van der Waals surface area contributed by atoms with Gasteiger partial charge in [0.1, 0.15) is 11.2 Å². The van der Waals surface area contributed by atoms with E-state index >= 15 is 0 Å². The van der Waals surface area contributed by atoms with Crippen LogP contribution in [0.4, 0.5) is 17.6 Å². The van der Waals surface area contributed by atoms with E-state index in [-0.39, 0.29) is 51.6 Å². The molecular weight excluding hydrogens is 502 g/mol. The predicted molar refractivity (Wildman–Crippen MR) is 121 cm³/mol. The summed E-state index contributed by atoms with van der Waals surface area (Å²) in [6.45, 7) is 1.68. The first-order valence-corrected chi connectivity index (χ1v) is 12.5. The Balaban J connectivity index is 1.25. The molecule has 0 radical (unpaired) electrons. The zero-order valence-corrected chi connectivity index (χ0v) is 20.3. The van der Waals surface area contributed by atoms with E-state index in [4.69, 9.17) is 16.3 Å². The number of piperidine rings is 1. The van der Waals surface area contributed by atoms with Crippen molar-refractivity contribution in [2.75, 3.05) is 32.8 Å². The van der Waals surface area contributed by atoms with Gasteiger partial charge in [0.25, 0.3) is 0 Å². The fourth-order valence-electron chi connectivity index (χ4n) is 5.67. The van der Waals surface area contributed by atoms with Gasteiger partial charge in [-0.3, -0.25) is 14.3 Å². The van der Waals surface area contributed by atoms with Crippen molar-refractivity contribution >= 4 is 17.5 Å². The largest absolute Gasteiger partial charge is 0.403 e. The molecule has 4 heterocycles. The fourth-order valence-corrected chi connectivity index (χ4v) is 5.86. The summed E-state index contributed by atoms with van der Waals surface area (Å²) in [5, 5.41) is 9.47. The first-order chi connectivity index (χ1) is 17.1. The number of ether oxygens (including phenoxy) is 1. The van der Waals surface area contributed by atoms with E-state index in [9.17, 15) is 22.4 Å². The minimum atomic E-state index is -4.51. The average Bonchev–Trinajstić information content (AvgIpc) is 3.56. The third-order valence-electron chi connectivity index (χ3n) is 7.87. The van der Waals surface area contributed by atoms with Gasteiger partial charge >= 0.3 is 6.18 Å². The third kappa shape index (κ3) is 3.99. The Morgan fingerprint density at radius 1 is 1.14 bits per heavy atom. The van der Waals surface area contributed by atoms with E-state index in [1.807, 2.05) is 21.6 Å². The second-order valence-corrected chi connectivity index (χ2v) is 11.0. The highest BCUT2D eigenvalue weighted by molar-refractivity contribution is 6.30. The molecule has 1 aromatic heterocycles. The molecule has 1 amide bonds. The molecule has 0 unspecified atom stereocenters. The summed E-state index contributed by atoms with van der Waals surface area (Å²) in [7, 11) is 0. The summed E-state index contributed by atoms with van der Waals surface area (Å²) in [4.78, 5) is 16.0. The molecule has 194 valence electrons. The van der Waals surface area contributed by atoms with Gasteiger partial charge in [-0.05, 0) is 49.4 Å². The number of carbonyl (C=O) groups is 1. The van der Waals surface area contributed by atoms with E-state index in [1.54, 1.807) is 6.07 Å². The number of likely N-dealkylation sites (tertiary alicyclic amines) is 1. The van der Waals surface area contributed by atoms with Crippen LogP contribution in [0.15, 0.2) is 18.2 Å². The van der Waals surface area contributed by atoms with Crippen molar-refractivity contribution in [3.05, 3.63) is 40.4 Å². The second kappa shape index (κ2) is 8.39. The molecule has 1 saturated carbocycles. The Kier molecular flexibility index (Phi) is 5.62. The summed E-state index contributed by atoms with van der Waals surface area (Å²) in [6.07, 6.45) is -3.78. The average molecular weight is 528 g/mol. The zero-order chi connectivity index (χ0) is 25.3. The minimum Gasteiger partial charge on any atom is -0.375 e. The molecule has 4 aliphatic rings. The Morgan fingerprint density at radius 3 is 2.47 bits per heavy atom. The number of hydrogen-bond donors (Lipinski definition) is 0. The fraction of sp³-hybridized carbons (Fsp3) is 0.625. The van der Waals surface area contributed by atoms with Crippen molar-refractivity contribution in [1.29, 1.82) is 0 Å². The summed E-state index contributed by atoms with van der Waals surface area (Å²) in [5.41, 5.74) is -1.81. The number of alkyl halides is 4. The van der Waals surface area contributed by atoms with Crippen LogP contribution in [0.1, 0.15) is 48.8 Å². The zero-order valence-electron chi connectivity index (χ0n) is 19.5. The van der Waals surface area contributed by atoms with Crippen molar-refractivity contribution in [2.45, 2.75) is 56.5 Å². The van der Waals surface area contributed by atoms with Gasteiger partial charge in [-0.1, -0.05) is 11.6 Å². The van der Waals surface area contributed by atoms with Crippen molar-refractivity contribution < 1.29 is 27.1 Å². The van der Waals surface area contributed by atoms with Gasteiger partial charge in [0.15, 0.2) is 11.5 Å². The molecule has 36 heavy (non-hydrogen) atoms. The van der Waals surface area contributed by atoms with E-state index in [1.165, 1.54) is 4.90 Å². The quantitative estimate of drug-likeness (QED) is 0.562. The highest BCUT2D eigenvalue weighted by Gasteiger charge is 2.69. The molecule has 12 heteroatoms. The van der Waals surface area contributed by atoms with Crippen LogP contribution in [0, 0.1) is 5.41 Å². The van der Waals surface area contributed by atoms with Crippen LogP contribution >= 0.6 is 11.6 Å². The van der Waals surface area contributed by atoms with Crippen LogP contribution in [0.5, 0.6) is 0 Å². The predicted octanol–water partition coefficient (Wildman–Crippen LogP) is 4.02. The number of carbonyl (C=O) groups excluding carboxylic acids is 1. The Hall–Kier alpha value is -2.24. The molecule has 1 aromatic carbocycles. The van der Waals surface area contributed by atoms with Crippen molar-refractivity contribution in [2.24, 2.45) is 5.41 Å². The number of benzene rings is 1. The summed E-state index contributed by atoms with van der Waals surface area (Å²) >= 11 is 6.29. The number of amides is 1. The lowest BCUT2D eigenvalue weighted by Crippen LogP contribution is -2.53. The Labute approximate surface area is 210 Å². The minimum absolute atomic E-state index is 0.0662. The SMILES string of the molecule is O=C(N1CCC(c2nnc3n2-c2ccc(Cl)cc2CN(CC2(F)COC2)C3)CC1)C1(C(F)(F)F)CC1. The second-order valence-electron chi connectivity index (χ2n) is 10.5. The van der Waals surface area contributed by atoms with Crippen LogP contribution in [0.3, 0.4) is 0 Å². The number of nitrogens with zero attached hydrogens (tertiary/aromatic N) is 5. The molecule has 0 atom stereocenters. The molecule has 0 spiro atoms. The molecule has 6 rings (SSSR count). The standard InChI is InChI=1S/C24H26ClF4N5O2/c25-17-1-2-18-16(9-17)10-32(12-22(26)13-36-14-22)11-19-30-31-20(34(18)19)15-3-7-33(8-4-15)21(35)23(5-6-23)24(27,28)29/h1-2,9,15H,3-8,10-14H2. The third-order valence-corrected chi connectivity index (χ3v) is 8.11. The van der Waals surface area contributed by atoms with Crippen LogP contribution < -0.4 is 0 Å². The summed E-state index contributed by atoms with van der Waals surface area (Å²) in [6, 6.07) is 5.54. The molecule has 3 aliphatic heterocycles. The van der Waals surface area contributed by atoms with Gasteiger partial charge in [0.2, 0.25) is 5.91 Å². The van der Waals surface area contributed by atoms with Crippen LogP contribution in [-0.2, 0) is 22.6 Å². The summed E-state index contributed by atoms with van der Waals surface area (Å²) < 4.78 is 62.3. The van der Waals surface area contributed by atoms with Crippen molar-refractivity contribution in [3.63, 3.8) is 0 Å². The highest BCUT2D eigenvalue weighted by Crippen LogP contribution is 2.58. The van der Waals surface area contributed by atoms with Gasteiger partial charge in [0.05, 0.1) is 25.4 Å². The first kappa shape index (κ1) is 24.1. The van der Waals surface area contributed by atoms with Crippen LogP contribution in [0.25, 0.3) is 5.69 Å². The summed E-state index contributed by atoms with van der Waals surface area (Å²) in [5.74, 6) is 0.507. The van der Waals surface area contributed by atoms with Crippen molar-refractivity contribution in [3.8, 4) is 5.69 Å².